The molecule has 0 aliphatic carbocycles. The van der Waals surface area contributed by atoms with Crippen LogP contribution in [0.15, 0.2) is 18.2 Å². The number of aliphatic hydroxyl groups excluding tert-OH is 1. The summed E-state index contributed by atoms with van der Waals surface area (Å²) < 4.78 is 0. The van der Waals surface area contributed by atoms with E-state index in [1.54, 1.807) is 6.92 Å². The first kappa shape index (κ1) is 15.0. The first-order chi connectivity index (χ1) is 9.47. The van der Waals surface area contributed by atoms with Crippen LogP contribution in [0.2, 0.25) is 0 Å². The predicted octanol–water partition coefficient (Wildman–Crippen LogP) is 1.44. The lowest BCUT2D eigenvalue weighted by molar-refractivity contribution is 0.0554. The number of carbonyl (C=O) groups excluding carboxylic acids is 1. The maximum atomic E-state index is 12.5. The van der Waals surface area contributed by atoms with Crippen molar-refractivity contribution in [2.24, 2.45) is 0 Å². The summed E-state index contributed by atoms with van der Waals surface area (Å²) in [4.78, 5) is 16.6. The molecule has 0 spiro atoms. The van der Waals surface area contributed by atoms with E-state index in [2.05, 4.69) is 11.8 Å². The Kier molecular flexibility index (Phi) is 4.78. The highest BCUT2D eigenvalue weighted by Crippen LogP contribution is 2.13. The van der Waals surface area contributed by atoms with Gasteiger partial charge in [0, 0.05) is 38.3 Å². The van der Waals surface area contributed by atoms with Crippen LogP contribution in [-0.2, 0) is 0 Å². The largest absolute Gasteiger partial charge is 0.392 e. The van der Waals surface area contributed by atoms with E-state index in [4.69, 9.17) is 0 Å². The number of aliphatic hydroxyl groups is 1. The van der Waals surface area contributed by atoms with E-state index < -0.39 is 0 Å². The van der Waals surface area contributed by atoms with E-state index in [1.165, 1.54) is 5.56 Å². The fraction of sp³-hybridized carbons (Fsp3) is 0.562. The fourth-order valence-electron chi connectivity index (χ4n) is 2.56. The zero-order valence-electron chi connectivity index (χ0n) is 12.6. The molecule has 0 bridgehead atoms. The lowest BCUT2D eigenvalue weighted by Crippen LogP contribution is -2.50. The van der Waals surface area contributed by atoms with Crippen molar-refractivity contribution in [2.75, 3.05) is 32.7 Å². The number of carbonyl (C=O) groups is 1. The summed E-state index contributed by atoms with van der Waals surface area (Å²) in [6.07, 6.45) is -0.308. The molecule has 0 unspecified atom stereocenters. The summed E-state index contributed by atoms with van der Waals surface area (Å²) in [5.41, 5.74) is 3.14. The Morgan fingerprint density at radius 1 is 1.20 bits per heavy atom. The average molecular weight is 276 g/mol. The second-order valence-corrected chi connectivity index (χ2v) is 5.74. The van der Waals surface area contributed by atoms with Gasteiger partial charge in [-0.25, -0.2) is 0 Å². The second kappa shape index (κ2) is 6.37. The smallest absolute Gasteiger partial charge is 0.253 e. The first-order valence-electron chi connectivity index (χ1n) is 7.24. The third kappa shape index (κ3) is 3.58. The summed E-state index contributed by atoms with van der Waals surface area (Å²) >= 11 is 0. The first-order valence-corrected chi connectivity index (χ1v) is 7.24. The minimum Gasteiger partial charge on any atom is -0.392 e. The van der Waals surface area contributed by atoms with Crippen molar-refractivity contribution in [2.45, 2.75) is 26.9 Å². The number of piperazine rings is 1. The number of rotatable bonds is 3. The van der Waals surface area contributed by atoms with Crippen molar-refractivity contribution in [3.63, 3.8) is 0 Å². The zero-order valence-corrected chi connectivity index (χ0v) is 12.6. The Hall–Kier alpha value is -1.39. The Morgan fingerprint density at radius 3 is 2.40 bits per heavy atom. The molecule has 1 saturated heterocycles. The van der Waals surface area contributed by atoms with Crippen LogP contribution in [-0.4, -0.2) is 59.6 Å². The number of benzene rings is 1. The maximum absolute atomic E-state index is 12.5. The summed E-state index contributed by atoms with van der Waals surface area (Å²) in [7, 11) is 0. The molecule has 0 saturated carbocycles. The molecule has 1 aliphatic heterocycles. The minimum absolute atomic E-state index is 0.116. The zero-order chi connectivity index (χ0) is 14.7. The Labute approximate surface area is 121 Å². The van der Waals surface area contributed by atoms with E-state index in [-0.39, 0.29) is 12.0 Å². The van der Waals surface area contributed by atoms with Crippen molar-refractivity contribution in [1.82, 2.24) is 9.80 Å². The molecular weight excluding hydrogens is 252 g/mol. The van der Waals surface area contributed by atoms with Gasteiger partial charge in [-0.15, -0.1) is 0 Å². The van der Waals surface area contributed by atoms with Crippen LogP contribution >= 0.6 is 0 Å². The van der Waals surface area contributed by atoms with Crippen LogP contribution in [0.1, 0.15) is 28.4 Å². The van der Waals surface area contributed by atoms with E-state index in [0.29, 0.717) is 6.54 Å². The van der Waals surface area contributed by atoms with Gasteiger partial charge in [-0.05, 0) is 44.0 Å². The lowest BCUT2D eigenvalue weighted by atomic mass is 10.1. The molecule has 0 radical (unpaired) electrons. The normalized spacial score (nSPS) is 18.1. The van der Waals surface area contributed by atoms with Crippen molar-refractivity contribution < 1.29 is 9.90 Å². The van der Waals surface area contributed by atoms with E-state index in [1.807, 2.05) is 30.0 Å². The van der Waals surface area contributed by atoms with Crippen molar-refractivity contribution in [3.8, 4) is 0 Å². The quantitative estimate of drug-likeness (QED) is 0.908. The fourth-order valence-corrected chi connectivity index (χ4v) is 2.56. The number of β-amino-alcohol motifs (C(OH)–C–C–N with tert-alkyl or cyclic N) is 1. The molecule has 1 aliphatic rings. The van der Waals surface area contributed by atoms with Crippen LogP contribution in [0.3, 0.4) is 0 Å². The Balaban J connectivity index is 1.96. The van der Waals surface area contributed by atoms with Gasteiger partial charge in [0.05, 0.1) is 6.10 Å². The van der Waals surface area contributed by atoms with Gasteiger partial charge < -0.3 is 10.0 Å². The van der Waals surface area contributed by atoms with Gasteiger partial charge in [0.25, 0.3) is 5.91 Å². The Morgan fingerprint density at radius 2 is 1.85 bits per heavy atom. The van der Waals surface area contributed by atoms with Crippen molar-refractivity contribution >= 4 is 5.91 Å². The minimum atomic E-state index is -0.308. The van der Waals surface area contributed by atoms with Crippen LogP contribution in [0.5, 0.6) is 0 Å². The number of hydrogen-bond acceptors (Lipinski definition) is 3. The van der Waals surface area contributed by atoms with Crippen LogP contribution in [0.4, 0.5) is 0 Å². The summed E-state index contributed by atoms with van der Waals surface area (Å²) in [5.74, 6) is 0.116. The topological polar surface area (TPSA) is 43.8 Å². The van der Waals surface area contributed by atoms with Gasteiger partial charge in [-0.2, -0.15) is 0 Å². The highest BCUT2D eigenvalue weighted by molar-refractivity contribution is 5.94. The lowest BCUT2D eigenvalue weighted by Gasteiger charge is -2.35. The SMILES string of the molecule is Cc1ccc(C(=O)N2CCN(C[C@H](C)O)CC2)cc1C. The van der Waals surface area contributed by atoms with Crippen LogP contribution in [0.25, 0.3) is 0 Å². The molecule has 1 aromatic carbocycles. The van der Waals surface area contributed by atoms with Crippen LogP contribution in [0, 0.1) is 13.8 Å². The molecule has 4 heteroatoms. The molecule has 1 amide bonds. The van der Waals surface area contributed by atoms with E-state index in [0.717, 1.165) is 37.3 Å². The molecule has 1 fully saturated rings. The molecule has 4 nitrogen and oxygen atoms in total. The maximum Gasteiger partial charge on any atom is 0.253 e. The van der Waals surface area contributed by atoms with E-state index >= 15 is 0 Å². The van der Waals surface area contributed by atoms with Gasteiger partial charge in [0.15, 0.2) is 0 Å². The summed E-state index contributed by atoms with van der Waals surface area (Å²) in [5, 5.41) is 9.39. The number of hydrogen-bond donors (Lipinski definition) is 1. The molecule has 1 N–H and O–H groups in total. The number of amides is 1. The molecule has 1 aromatic rings. The average Bonchev–Trinajstić information content (AvgIpc) is 2.41. The van der Waals surface area contributed by atoms with Gasteiger partial charge in [0.2, 0.25) is 0 Å². The van der Waals surface area contributed by atoms with Crippen LogP contribution < -0.4 is 0 Å². The molecule has 110 valence electrons. The van der Waals surface area contributed by atoms with Crippen molar-refractivity contribution in [3.05, 3.63) is 34.9 Å². The Bertz CT molecular complexity index is 477. The molecule has 1 heterocycles. The highest BCUT2D eigenvalue weighted by atomic mass is 16.3. The summed E-state index contributed by atoms with van der Waals surface area (Å²) in [6.45, 7) is 9.71. The van der Waals surface area contributed by atoms with Gasteiger partial charge >= 0.3 is 0 Å². The van der Waals surface area contributed by atoms with Gasteiger partial charge in [0.1, 0.15) is 0 Å². The molecule has 20 heavy (non-hydrogen) atoms. The highest BCUT2D eigenvalue weighted by Gasteiger charge is 2.22. The third-order valence-electron chi connectivity index (χ3n) is 3.94. The number of aryl methyl sites for hydroxylation is 2. The number of nitrogens with zero attached hydrogens (tertiary/aromatic N) is 2. The molecule has 1 atom stereocenters. The molecule has 0 aromatic heterocycles. The molecular formula is C16H24N2O2. The van der Waals surface area contributed by atoms with Gasteiger partial charge in [-0.1, -0.05) is 6.07 Å². The van der Waals surface area contributed by atoms with Gasteiger partial charge in [-0.3, -0.25) is 9.69 Å². The molecule has 2 rings (SSSR count). The third-order valence-corrected chi connectivity index (χ3v) is 3.94. The second-order valence-electron chi connectivity index (χ2n) is 5.74. The van der Waals surface area contributed by atoms with E-state index in [9.17, 15) is 9.90 Å². The standard InChI is InChI=1S/C16H24N2O2/c1-12-4-5-15(10-13(12)2)16(20)18-8-6-17(7-9-18)11-14(3)19/h4-5,10,14,19H,6-9,11H2,1-3H3/t14-/m0/s1. The summed E-state index contributed by atoms with van der Waals surface area (Å²) in [6, 6.07) is 5.89. The van der Waals surface area contributed by atoms with Crippen molar-refractivity contribution in [1.29, 1.82) is 0 Å². The predicted molar refractivity (Wildman–Crippen MR) is 79.9 cm³/mol. The monoisotopic (exact) mass is 276 g/mol.